The van der Waals surface area contributed by atoms with Crippen molar-refractivity contribution < 1.29 is 22.7 Å². The van der Waals surface area contributed by atoms with E-state index in [-0.39, 0.29) is 17.6 Å². The second-order valence-corrected chi connectivity index (χ2v) is 5.89. The molecule has 0 aliphatic carbocycles. The van der Waals surface area contributed by atoms with E-state index in [9.17, 15) is 18.0 Å². The molecule has 25 heavy (non-hydrogen) atoms. The van der Waals surface area contributed by atoms with Gasteiger partial charge in [0, 0.05) is 24.5 Å². The van der Waals surface area contributed by atoms with E-state index in [1.807, 2.05) is 0 Å². The highest BCUT2D eigenvalue weighted by molar-refractivity contribution is 5.94. The molecule has 0 radical (unpaired) electrons. The molecule has 0 saturated carbocycles. The number of alkyl halides is 3. The van der Waals surface area contributed by atoms with E-state index >= 15 is 0 Å². The first-order chi connectivity index (χ1) is 11.9. The molecule has 0 N–H and O–H groups in total. The lowest BCUT2D eigenvalue weighted by Gasteiger charge is -2.33. The fourth-order valence-electron chi connectivity index (χ4n) is 2.81. The summed E-state index contributed by atoms with van der Waals surface area (Å²) < 4.78 is 43.7. The molecule has 0 unspecified atom stereocenters. The Morgan fingerprint density at radius 2 is 1.80 bits per heavy atom. The molecule has 0 spiro atoms. The molecular formula is C18H17F3N2O2. The number of carbonyl (C=O) groups excluding carboxylic acids is 1. The summed E-state index contributed by atoms with van der Waals surface area (Å²) in [5, 5.41) is 0. The highest BCUT2D eigenvalue weighted by Gasteiger charge is 2.31. The summed E-state index contributed by atoms with van der Waals surface area (Å²) in [5.74, 6) is 0.403. The minimum absolute atomic E-state index is 0.144. The zero-order chi connectivity index (χ0) is 17.9. The summed E-state index contributed by atoms with van der Waals surface area (Å²) in [4.78, 5) is 18.1. The quantitative estimate of drug-likeness (QED) is 0.846. The average molecular weight is 350 g/mol. The molecule has 1 fully saturated rings. The van der Waals surface area contributed by atoms with Crippen molar-refractivity contribution in [1.29, 1.82) is 0 Å². The maximum absolute atomic E-state index is 12.6. The van der Waals surface area contributed by atoms with Crippen molar-refractivity contribution in [2.75, 3.05) is 13.1 Å². The van der Waals surface area contributed by atoms with Crippen molar-refractivity contribution in [3.8, 4) is 5.75 Å². The Bertz CT molecular complexity index is 717. The van der Waals surface area contributed by atoms with Crippen molar-refractivity contribution in [3.63, 3.8) is 0 Å². The number of amides is 1. The molecular weight excluding hydrogens is 333 g/mol. The SMILES string of the molecule is O=C(c1ccc(C(F)(F)F)cc1)N1CCC[C@@H](Oc2ccncc2)C1. The standard InChI is InChI=1S/C18H17F3N2O2/c19-18(20,21)14-5-3-13(4-6-14)17(24)23-11-1-2-16(12-23)25-15-7-9-22-10-8-15/h3-10,16H,1-2,11-12H2/t16-/m1/s1. The summed E-state index contributed by atoms with van der Waals surface area (Å²) in [5.41, 5.74) is -0.515. The number of pyridine rings is 1. The molecule has 1 aromatic heterocycles. The normalized spacial score (nSPS) is 18.0. The molecule has 0 bridgehead atoms. The van der Waals surface area contributed by atoms with E-state index in [0.29, 0.717) is 18.8 Å². The van der Waals surface area contributed by atoms with Crippen molar-refractivity contribution in [2.45, 2.75) is 25.1 Å². The molecule has 1 saturated heterocycles. The van der Waals surface area contributed by atoms with Crippen LogP contribution < -0.4 is 4.74 Å². The molecule has 2 aromatic rings. The Kier molecular flexibility index (Phi) is 4.92. The highest BCUT2D eigenvalue weighted by atomic mass is 19.4. The molecule has 3 rings (SSSR count). The van der Waals surface area contributed by atoms with Crippen LogP contribution in [0.5, 0.6) is 5.75 Å². The summed E-state index contributed by atoms with van der Waals surface area (Å²) in [6.45, 7) is 0.970. The van der Waals surface area contributed by atoms with Gasteiger partial charge in [0.1, 0.15) is 11.9 Å². The number of benzene rings is 1. The third-order valence-electron chi connectivity index (χ3n) is 4.08. The van der Waals surface area contributed by atoms with Crippen LogP contribution >= 0.6 is 0 Å². The van der Waals surface area contributed by atoms with Crippen LogP contribution in [0.2, 0.25) is 0 Å². The molecule has 1 aliphatic rings. The van der Waals surface area contributed by atoms with Crippen LogP contribution in [0.3, 0.4) is 0 Å². The summed E-state index contributed by atoms with van der Waals surface area (Å²) in [7, 11) is 0. The zero-order valence-electron chi connectivity index (χ0n) is 13.4. The predicted molar refractivity (Wildman–Crippen MR) is 85.2 cm³/mol. The van der Waals surface area contributed by atoms with E-state index in [0.717, 1.165) is 25.0 Å². The van der Waals surface area contributed by atoms with E-state index in [1.165, 1.54) is 12.1 Å². The van der Waals surface area contributed by atoms with Gasteiger partial charge in [0.25, 0.3) is 5.91 Å². The Hall–Kier alpha value is -2.57. The minimum Gasteiger partial charge on any atom is -0.488 e. The highest BCUT2D eigenvalue weighted by Crippen LogP contribution is 2.29. The van der Waals surface area contributed by atoms with Gasteiger partial charge < -0.3 is 9.64 Å². The van der Waals surface area contributed by atoms with E-state index in [4.69, 9.17) is 4.74 Å². The average Bonchev–Trinajstić information content (AvgIpc) is 2.61. The zero-order valence-corrected chi connectivity index (χ0v) is 13.4. The number of aromatic nitrogens is 1. The van der Waals surface area contributed by atoms with Gasteiger partial charge in [-0.05, 0) is 49.2 Å². The first kappa shape index (κ1) is 17.3. The van der Waals surface area contributed by atoms with Gasteiger partial charge in [0.05, 0.1) is 12.1 Å². The van der Waals surface area contributed by atoms with E-state index in [1.54, 1.807) is 29.4 Å². The second-order valence-electron chi connectivity index (χ2n) is 5.89. The predicted octanol–water partition coefficient (Wildman–Crippen LogP) is 3.78. The Balaban J connectivity index is 1.65. The van der Waals surface area contributed by atoms with E-state index in [2.05, 4.69) is 4.98 Å². The van der Waals surface area contributed by atoms with Gasteiger partial charge in [-0.1, -0.05) is 0 Å². The maximum atomic E-state index is 12.6. The van der Waals surface area contributed by atoms with Crippen molar-refractivity contribution in [1.82, 2.24) is 9.88 Å². The number of halogens is 3. The number of ether oxygens (including phenoxy) is 1. The largest absolute Gasteiger partial charge is 0.488 e. The smallest absolute Gasteiger partial charge is 0.416 e. The van der Waals surface area contributed by atoms with Crippen LogP contribution in [0.15, 0.2) is 48.8 Å². The van der Waals surface area contributed by atoms with Gasteiger partial charge in [-0.15, -0.1) is 0 Å². The lowest BCUT2D eigenvalue weighted by molar-refractivity contribution is -0.137. The first-order valence-corrected chi connectivity index (χ1v) is 7.97. The number of nitrogens with zero attached hydrogens (tertiary/aromatic N) is 2. The Morgan fingerprint density at radius 1 is 1.12 bits per heavy atom. The van der Waals surface area contributed by atoms with Gasteiger partial charge in [-0.2, -0.15) is 13.2 Å². The lowest BCUT2D eigenvalue weighted by atomic mass is 10.1. The van der Waals surface area contributed by atoms with Gasteiger partial charge >= 0.3 is 6.18 Å². The molecule has 1 aromatic carbocycles. The fourth-order valence-corrected chi connectivity index (χ4v) is 2.81. The lowest BCUT2D eigenvalue weighted by Crippen LogP contribution is -2.44. The molecule has 1 atom stereocenters. The number of carbonyl (C=O) groups is 1. The van der Waals surface area contributed by atoms with Crippen LogP contribution in [0.4, 0.5) is 13.2 Å². The van der Waals surface area contributed by atoms with Crippen LogP contribution in [-0.4, -0.2) is 35.0 Å². The van der Waals surface area contributed by atoms with Gasteiger partial charge in [-0.25, -0.2) is 0 Å². The van der Waals surface area contributed by atoms with Crippen LogP contribution in [0.1, 0.15) is 28.8 Å². The topological polar surface area (TPSA) is 42.4 Å². The molecule has 1 aliphatic heterocycles. The number of likely N-dealkylation sites (tertiary alicyclic amines) is 1. The number of piperidine rings is 1. The molecule has 4 nitrogen and oxygen atoms in total. The monoisotopic (exact) mass is 350 g/mol. The van der Waals surface area contributed by atoms with Crippen molar-refractivity contribution in [3.05, 3.63) is 59.9 Å². The van der Waals surface area contributed by atoms with Crippen molar-refractivity contribution in [2.24, 2.45) is 0 Å². The minimum atomic E-state index is -4.41. The molecule has 7 heteroatoms. The van der Waals surface area contributed by atoms with Gasteiger partial charge in [-0.3, -0.25) is 9.78 Å². The maximum Gasteiger partial charge on any atom is 0.416 e. The Morgan fingerprint density at radius 3 is 2.44 bits per heavy atom. The molecule has 132 valence electrons. The number of hydrogen-bond donors (Lipinski definition) is 0. The third-order valence-corrected chi connectivity index (χ3v) is 4.08. The first-order valence-electron chi connectivity index (χ1n) is 7.97. The van der Waals surface area contributed by atoms with E-state index < -0.39 is 11.7 Å². The van der Waals surface area contributed by atoms with Crippen LogP contribution in [0, 0.1) is 0 Å². The second kappa shape index (κ2) is 7.13. The molecule has 1 amide bonds. The fraction of sp³-hybridized carbons (Fsp3) is 0.333. The molecule has 2 heterocycles. The van der Waals surface area contributed by atoms with Gasteiger partial charge in [0.2, 0.25) is 0 Å². The van der Waals surface area contributed by atoms with Crippen LogP contribution in [0.25, 0.3) is 0 Å². The third kappa shape index (κ3) is 4.29. The van der Waals surface area contributed by atoms with Gasteiger partial charge in [0.15, 0.2) is 0 Å². The Labute approximate surface area is 143 Å². The summed E-state index contributed by atoms with van der Waals surface area (Å²) in [6, 6.07) is 7.80. The number of hydrogen-bond acceptors (Lipinski definition) is 3. The van der Waals surface area contributed by atoms with Crippen molar-refractivity contribution >= 4 is 5.91 Å². The van der Waals surface area contributed by atoms with Crippen LogP contribution in [-0.2, 0) is 6.18 Å². The summed E-state index contributed by atoms with van der Waals surface area (Å²) in [6.07, 6.45) is 0.304. The number of rotatable bonds is 3. The summed E-state index contributed by atoms with van der Waals surface area (Å²) >= 11 is 0.